The van der Waals surface area contributed by atoms with Crippen molar-refractivity contribution in [3.8, 4) is 16.8 Å². The highest BCUT2D eigenvalue weighted by atomic mass is 16.3. The molecule has 2 heterocycles. The van der Waals surface area contributed by atoms with E-state index in [2.05, 4.69) is 16.7 Å². The molecular weight excluding hydrogens is 645 g/mol. The van der Waals surface area contributed by atoms with Crippen LogP contribution in [-0.2, 0) is 0 Å². The third kappa shape index (κ3) is 4.61. The van der Waals surface area contributed by atoms with Crippen molar-refractivity contribution in [2.75, 3.05) is 4.90 Å². The van der Waals surface area contributed by atoms with Gasteiger partial charge in [0.1, 0.15) is 11.2 Å². The predicted octanol–water partition coefficient (Wildman–Crippen LogP) is 14.1. The molecule has 0 saturated heterocycles. The Morgan fingerprint density at radius 1 is 0.491 bits per heavy atom. The molecule has 0 aliphatic heterocycles. The van der Waals surface area contributed by atoms with Crippen molar-refractivity contribution in [1.29, 1.82) is 0 Å². The van der Waals surface area contributed by atoms with Gasteiger partial charge in [0, 0.05) is 38.6 Å². The zero-order valence-corrected chi connectivity index (χ0v) is 27.9. The fourth-order valence-corrected chi connectivity index (χ4v) is 7.62. The number of fused-ring (bicyclic) bond motifs is 9. The zero-order chi connectivity index (χ0) is 44.5. The monoisotopic (exact) mass is 687 g/mol. The minimum Gasteiger partial charge on any atom is -0.455 e. The summed E-state index contributed by atoms with van der Waals surface area (Å²) in [7, 11) is 0. The van der Waals surface area contributed by atoms with Crippen LogP contribution >= 0.6 is 0 Å². The van der Waals surface area contributed by atoms with Gasteiger partial charge in [0.15, 0.2) is 0 Å². The van der Waals surface area contributed by atoms with Gasteiger partial charge in [0.25, 0.3) is 0 Å². The maximum absolute atomic E-state index is 9.79. The summed E-state index contributed by atoms with van der Waals surface area (Å²) >= 11 is 0. The largest absolute Gasteiger partial charge is 0.455 e. The highest BCUT2D eigenvalue weighted by molar-refractivity contribution is 6.19. The number of anilines is 3. The highest BCUT2D eigenvalue weighted by Gasteiger charge is 2.21. The van der Waals surface area contributed by atoms with Crippen LogP contribution in [0.2, 0.25) is 0 Å². The summed E-state index contributed by atoms with van der Waals surface area (Å²) in [5, 5.41) is 4.71. The smallest absolute Gasteiger partial charge is 0.143 e. The Morgan fingerprint density at radius 2 is 1.21 bits per heavy atom. The number of para-hydroxylation sites is 2. The van der Waals surface area contributed by atoms with Gasteiger partial charge >= 0.3 is 0 Å². The quantitative estimate of drug-likeness (QED) is 0.180. The number of benzene rings is 9. The minimum atomic E-state index is -0.678. The van der Waals surface area contributed by atoms with E-state index in [0.717, 1.165) is 43.7 Å². The highest BCUT2D eigenvalue weighted by Crippen LogP contribution is 2.45. The van der Waals surface area contributed by atoms with Crippen LogP contribution in [0.5, 0.6) is 0 Å². The molecule has 0 saturated carbocycles. The average Bonchev–Trinajstić information content (AvgIpc) is 3.87. The standard InChI is InChI=1S/C50H32N2O/c1-3-17-39-33(12-1)14-9-21-40(39)35-26-29-36(30-27-35)51(47-24-11-25-48-49(47)44-31-28-34-13-2-4-18-41(34)50(44)53-48)37-15-10-16-38(32-37)52-45-22-7-5-19-42(45)43-20-6-8-23-46(43)52/h1-32H/i1D,3D,9D,12D,14D,17D,21D,26D,27D,29D,30D. The molecule has 0 amide bonds. The van der Waals surface area contributed by atoms with E-state index in [1.807, 2.05) is 109 Å². The molecule has 11 aromatic rings. The van der Waals surface area contributed by atoms with Crippen molar-refractivity contribution in [3.05, 3.63) is 194 Å². The molecular formula is C50H32N2O. The minimum absolute atomic E-state index is 0.137. The summed E-state index contributed by atoms with van der Waals surface area (Å²) in [4.78, 5) is 1.68. The van der Waals surface area contributed by atoms with Gasteiger partial charge in [-0.1, -0.05) is 133 Å². The first kappa shape index (κ1) is 20.7. The van der Waals surface area contributed by atoms with Gasteiger partial charge in [0.05, 0.1) is 37.2 Å². The van der Waals surface area contributed by atoms with Gasteiger partial charge in [-0.2, -0.15) is 0 Å². The second-order valence-corrected chi connectivity index (χ2v) is 12.9. The van der Waals surface area contributed by atoms with Gasteiger partial charge in [-0.05, 0) is 87.9 Å². The summed E-state index contributed by atoms with van der Waals surface area (Å²) in [6, 6.07) is 34.4. The molecule has 0 fully saturated rings. The van der Waals surface area contributed by atoms with Crippen molar-refractivity contribution in [1.82, 2.24) is 4.57 Å². The van der Waals surface area contributed by atoms with Crippen LogP contribution in [0.25, 0.3) is 82.1 Å². The average molecular weight is 688 g/mol. The number of furan rings is 1. The first-order chi connectivity index (χ1) is 30.9. The summed E-state index contributed by atoms with van der Waals surface area (Å²) in [5.41, 5.74) is 3.87. The topological polar surface area (TPSA) is 21.3 Å². The van der Waals surface area contributed by atoms with E-state index in [9.17, 15) is 5.48 Å². The molecule has 0 spiro atoms. The molecule has 53 heavy (non-hydrogen) atoms. The first-order valence-electron chi connectivity index (χ1n) is 22.7. The molecule has 0 bridgehead atoms. The second-order valence-electron chi connectivity index (χ2n) is 12.9. The van der Waals surface area contributed by atoms with Crippen LogP contribution in [0.4, 0.5) is 17.1 Å². The summed E-state index contributed by atoms with van der Waals surface area (Å²) in [6.45, 7) is 0. The lowest BCUT2D eigenvalue weighted by Crippen LogP contribution is -2.11. The van der Waals surface area contributed by atoms with Gasteiger partial charge in [-0.15, -0.1) is 0 Å². The normalized spacial score (nSPS) is 14.7. The van der Waals surface area contributed by atoms with Crippen LogP contribution in [-0.4, -0.2) is 4.57 Å². The maximum Gasteiger partial charge on any atom is 0.143 e. The van der Waals surface area contributed by atoms with E-state index in [-0.39, 0.29) is 22.0 Å². The van der Waals surface area contributed by atoms with Crippen LogP contribution in [0.15, 0.2) is 198 Å². The Bertz CT molecular complexity index is 3750. The summed E-state index contributed by atoms with van der Waals surface area (Å²) in [5.74, 6) is 0. The van der Waals surface area contributed by atoms with Crippen LogP contribution in [0, 0.1) is 0 Å². The van der Waals surface area contributed by atoms with Gasteiger partial charge < -0.3 is 13.9 Å². The Morgan fingerprint density at radius 3 is 2.04 bits per heavy atom. The van der Waals surface area contributed by atoms with Gasteiger partial charge in [-0.3, -0.25) is 0 Å². The lowest BCUT2D eigenvalue weighted by atomic mass is 9.98. The van der Waals surface area contributed by atoms with E-state index in [4.69, 9.17) is 14.0 Å². The van der Waals surface area contributed by atoms with Crippen LogP contribution < -0.4 is 4.90 Å². The number of hydrogen-bond acceptors (Lipinski definition) is 2. The summed E-state index contributed by atoms with van der Waals surface area (Å²) in [6.07, 6.45) is 0. The molecule has 3 heteroatoms. The lowest BCUT2D eigenvalue weighted by Gasteiger charge is -2.27. The molecule has 0 unspecified atom stereocenters. The zero-order valence-electron chi connectivity index (χ0n) is 38.9. The van der Waals surface area contributed by atoms with E-state index in [0.29, 0.717) is 27.9 Å². The molecule has 11 rings (SSSR count). The molecule has 0 aliphatic carbocycles. The predicted molar refractivity (Wildman–Crippen MR) is 223 cm³/mol. The molecule has 0 N–H and O–H groups in total. The maximum atomic E-state index is 9.79. The molecule has 3 nitrogen and oxygen atoms in total. The molecule has 2 aromatic heterocycles. The fourth-order valence-electron chi connectivity index (χ4n) is 7.62. The third-order valence-electron chi connectivity index (χ3n) is 9.93. The van der Waals surface area contributed by atoms with Crippen molar-refractivity contribution in [3.63, 3.8) is 0 Å². The van der Waals surface area contributed by atoms with E-state index < -0.39 is 72.0 Å². The number of aromatic nitrogens is 1. The molecule has 0 radical (unpaired) electrons. The lowest BCUT2D eigenvalue weighted by molar-refractivity contribution is 0.672. The first-order valence-corrected chi connectivity index (χ1v) is 17.2. The second kappa shape index (κ2) is 11.7. The Labute approximate surface area is 321 Å². The van der Waals surface area contributed by atoms with Crippen molar-refractivity contribution in [2.45, 2.75) is 0 Å². The molecule has 248 valence electrons. The van der Waals surface area contributed by atoms with Crippen molar-refractivity contribution >= 4 is 82.4 Å². The number of rotatable bonds is 5. The van der Waals surface area contributed by atoms with Gasteiger partial charge in [0.2, 0.25) is 0 Å². The van der Waals surface area contributed by atoms with Crippen LogP contribution in [0.3, 0.4) is 0 Å². The summed E-state index contributed by atoms with van der Waals surface area (Å²) < 4.78 is 108. The molecule has 0 atom stereocenters. The SMILES string of the molecule is [2H]c1c([2H])c(N(c2cccc(-n3c4ccccc4c4ccccc43)c2)c2cccc3oc4c5ccccc5ccc4c23)c([2H])c([2H])c1-c1c([2H])c([2H])c([2H])c2c([2H])c([2H])c([2H])c([2H])c12. The number of nitrogens with zero attached hydrogens (tertiary/aromatic N) is 2. The van der Waals surface area contributed by atoms with Crippen molar-refractivity contribution in [2.24, 2.45) is 0 Å². The number of hydrogen-bond donors (Lipinski definition) is 0. The van der Waals surface area contributed by atoms with Gasteiger partial charge in [-0.25, -0.2) is 0 Å². The Kier molecular flexibility index (Phi) is 4.57. The Balaban J connectivity index is 1.24. The fraction of sp³-hybridized carbons (Fsp3) is 0. The van der Waals surface area contributed by atoms with Crippen LogP contribution in [0.1, 0.15) is 15.1 Å². The van der Waals surface area contributed by atoms with E-state index >= 15 is 0 Å². The van der Waals surface area contributed by atoms with Crippen molar-refractivity contribution < 1.29 is 19.5 Å². The third-order valence-corrected chi connectivity index (χ3v) is 9.93. The molecule has 0 aliphatic rings. The van der Waals surface area contributed by atoms with E-state index in [1.54, 1.807) is 11.0 Å². The Hall–Kier alpha value is -7.10. The van der Waals surface area contributed by atoms with E-state index in [1.165, 1.54) is 0 Å². The molecule has 9 aromatic carbocycles.